The van der Waals surface area contributed by atoms with Crippen molar-refractivity contribution >= 4 is 15.7 Å². The molecule has 2 heterocycles. The third-order valence-electron chi connectivity index (χ3n) is 2.68. The number of nitrogens with zero attached hydrogens (tertiary/aromatic N) is 2. The largest absolute Gasteiger partial charge is 0.380 e. The molecule has 2 N–H and O–H groups in total. The summed E-state index contributed by atoms with van der Waals surface area (Å²) >= 11 is 0. The van der Waals surface area contributed by atoms with Crippen LogP contribution in [0.15, 0.2) is 28.9 Å². The number of rotatable bonds is 3. The van der Waals surface area contributed by atoms with Crippen LogP contribution in [0.2, 0.25) is 0 Å². The summed E-state index contributed by atoms with van der Waals surface area (Å²) in [7, 11) is -3.29. The summed E-state index contributed by atoms with van der Waals surface area (Å²) in [6, 6.07) is 5.26. The first-order valence-corrected chi connectivity index (χ1v) is 7.22. The number of nitrogens with two attached hydrogens (primary N) is 1. The summed E-state index contributed by atoms with van der Waals surface area (Å²) in [6.07, 6.45) is 2.73. The molecule has 0 aliphatic rings. The van der Waals surface area contributed by atoms with Gasteiger partial charge in [-0.25, -0.2) is 8.42 Å². The number of hydrogen-bond acceptors (Lipinski definition) is 6. The fraction of sp³-hybridized carbons (Fsp3) is 0.273. The highest BCUT2D eigenvalue weighted by Gasteiger charge is 2.28. The van der Waals surface area contributed by atoms with Gasteiger partial charge in [-0.1, -0.05) is 11.2 Å². The number of pyridine rings is 1. The molecule has 0 amide bonds. The highest BCUT2D eigenvalue weighted by molar-refractivity contribution is 7.90. The lowest BCUT2D eigenvalue weighted by molar-refractivity contribution is 0.385. The molecule has 0 aromatic carbocycles. The van der Waals surface area contributed by atoms with Crippen LogP contribution in [0.3, 0.4) is 0 Å². The van der Waals surface area contributed by atoms with Gasteiger partial charge in [-0.05, 0) is 19.1 Å². The van der Waals surface area contributed by atoms with Gasteiger partial charge in [-0.3, -0.25) is 4.98 Å². The van der Waals surface area contributed by atoms with E-state index in [2.05, 4.69) is 10.1 Å². The first-order chi connectivity index (χ1) is 8.41. The number of nitrogen functional groups attached to an aromatic ring is 1. The van der Waals surface area contributed by atoms with Gasteiger partial charge in [0.1, 0.15) is 5.25 Å². The van der Waals surface area contributed by atoms with Crippen molar-refractivity contribution in [2.45, 2.75) is 12.2 Å². The van der Waals surface area contributed by atoms with E-state index in [1.807, 2.05) is 0 Å². The maximum Gasteiger partial charge on any atom is 0.176 e. The predicted molar refractivity (Wildman–Crippen MR) is 67.4 cm³/mol. The molecule has 96 valence electrons. The molecule has 0 fully saturated rings. The normalized spacial score (nSPS) is 13.4. The molecule has 1 atom stereocenters. The molecular weight excluding hydrogens is 254 g/mol. The van der Waals surface area contributed by atoms with Crippen LogP contribution in [0.4, 0.5) is 5.82 Å². The van der Waals surface area contributed by atoms with Crippen LogP contribution in [-0.4, -0.2) is 24.8 Å². The minimum atomic E-state index is -3.29. The Kier molecular flexibility index (Phi) is 3.08. The van der Waals surface area contributed by atoms with Crippen LogP contribution in [-0.2, 0) is 9.84 Å². The van der Waals surface area contributed by atoms with Gasteiger partial charge >= 0.3 is 0 Å². The molecule has 6 nitrogen and oxygen atoms in total. The van der Waals surface area contributed by atoms with E-state index >= 15 is 0 Å². The van der Waals surface area contributed by atoms with Gasteiger partial charge in [-0.15, -0.1) is 0 Å². The molecule has 0 radical (unpaired) electrons. The third kappa shape index (κ3) is 2.21. The Labute approximate surface area is 105 Å². The number of aromatic nitrogens is 2. The zero-order valence-corrected chi connectivity index (χ0v) is 10.8. The van der Waals surface area contributed by atoms with E-state index in [1.54, 1.807) is 24.4 Å². The van der Waals surface area contributed by atoms with Crippen LogP contribution in [0.5, 0.6) is 0 Å². The lowest BCUT2D eigenvalue weighted by Crippen LogP contribution is -2.08. The van der Waals surface area contributed by atoms with Crippen LogP contribution in [0.25, 0.3) is 11.3 Å². The highest BCUT2D eigenvalue weighted by atomic mass is 32.2. The van der Waals surface area contributed by atoms with Crippen LogP contribution >= 0.6 is 0 Å². The molecule has 2 aromatic rings. The Morgan fingerprint density at radius 1 is 1.39 bits per heavy atom. The lowest BCUT2D eigenvalue weighted by Gasteiger charge is -2.07. The van der Waals surface area contributed by atoms with Gasteiger partial charge in [-0.2, -0.15) is 0 Å². The van der Waals surface area contributed by atoms with Crippen molar-refractivity contribution < 1.29 is 12.9 Å². The fourth-order valence-corrected chi connectivity index (χ4v) is 2.11. The molecule has 0 saturated heterocycles. The summed E-state index contributed by atoms with van der Waals surface area (Å²) in [5.41, 5.74) is 6.70. The maximum atomic E-state index is 11.6. The van der Waals surface area contributed by atoms with Crippen molar-refractivity contribution in [3.8, 4) is 11.3 Å². The molecule has 1 unspecified atom stereocenters. The van der Waals surface area contributed by atoms with Gasteiger partial charge in [0.15, 0.2) is 21.4 Å². The number of hydrogen-bond donors (Lipinski definition) is 1. The summed E-state index contributed by atoms with van der Waals surface area (Å²) < 4.78 is 28.2. The second-order valence-corrected chi connectivity index (χ2v) is 6.36. The third-order valence-corrected chi connectivity index (χ3v) is 4.18. The molecule has 18 heavy (non-hydrogen) atoms. The Balaban J connectivity index is 2.60. The Morgan fingerprint density at radius 3 is 2.67 bits per heavy atom. The van der Waals surface area contributed by atoms with Crippen molar-refractivity contribution in [2.75, 3.05) is 12.0 Å². The van der Waals surface area contributed by atoms with Gasteiger partial charge in [0.2, 0.25) is 0 Å². The first-order valence-electron chi connectivity index (χ1n) is 5.26. The average molecular weight is 267 g/mol. The van der Waals surface area contributed by atoms with E-state index < -0.39 is 15.1 Å². The zero-order chi connectivity index (χ0) is 13.3. The van der Waals surface area contributed by atoms with Crippen molar-refractivity contribution in [1.29, 1.82) is 0 Å². The second kappa shape index (κ2) is 4.41. The smallest absolute Gasteiger partial charge is 0.176 e. The van der Waals surface area contributed by atoms with Gasteiger partial charge < -0.3 is 10.3 Å². The van der Waals surface area contributed by atoms with Crippen molar-refractivity contribution in [3.63, 3.8) is 0 Å². The quantitative estimate of drug-likeness (QED) is 0.903. The van der Waals surface area contributed by atoms with E-state index in [1.165, 1.54) is 6.92 Å². The Hall–Kier alpha value is -1.89. The standard InChI is InChI=1S/C11H13N3O3S/c1-7(18(2,15)16)10-9(11(12)14-17-10)8-5-3-4-6-13-8/h3-7H,1-2H3,(H2,12,14). The Bertz CT molecular complexity index is 649. The average Bonchev–Trinajstić information content (AvgIpc) is 2.70. The molecule has 2 rings (SSSR count). The summed E-state index contributed by atoms with van der Waals surface area (Å²) in [5.74, 6) is 0.355. The van der Waals surface area contributed by atoms with Gasteiger partial charge in [0, 0.05) is 12.5 Å². The lowest BCUT2D eigenvalue weighted by atomic mass is 10.1. The minimum absolute atomic E-state index is 0.138. The predicted octanol–water partition coefficient (Wildman–Crippen LogP) is 1.42. The monoisotopic (exact) mass is 267 g/mol. The van der Waals surface area contributed by atoms with E-state index in [0.29, 0.717) is 11.3 Å². The van der Waals surface area contributed by atoms with E-state index in [0.717, 1.165) is 6.26 Å². The van der Waals surface area contributed by atoms with E-state index in [-0.39, 0.29) is 11.6 Å². The Morgan fingerprint density at radius 2 is 2.11 bits per heavy atom. The topological polar surface area (TPSA) is 99.1 Å². The zero-order valence-electron chi connectivity index (χ0n) is 9.99. The minimum Gasteiger partial charge on any atom is -0.380 e. The second-order valence-electron chi connectivity index (χ2n) is 3.99. The molecular formula is C11H13N3O3S. The first kappa shape index (κ1) is 12.6. The molecule has 0 bridgehead atoms. The summed E-state index contributed by atoms with van der Waals surface area (Å²) in [6.45, 7) is 1.53. The van der Waals surface area contributed by atoms with Crippen LogP contribution < -0.4 is 5.73 Å². The maximum absolute atomic E-state index is 11.6. The van der Waals surface area contributed by atoms with Crippen molar-refractivity contribution in [1.82, 2.24) is 10.1 Å². The van der Waals surface area contributed by atoms with Gasteiger partial charge in [0.25, 0.3) is 0 Å². The molecule has 0 aliphatic heterocycles. The van der Waals surface area contributed by atoms with Crippen LogP contribution in [0.1, 0.15) is 17.9 Å². The number of anilines is 1. The SMILES string of the molecule is CC(c1onc(N)c1-c1ccccn1)S(C)(=O)=O. The van der Waals surface area contributed by atoms with Crippen molar-refractivity contribution in [3.05, 3.63) is 30.2 Å². The van der Waals surface area contributed by atoms with Crippen molar-refractivity contribution in [2.24, 2.45) is 0 Å². The van der Waals surface area contributed by atoms with E-state index in [4.69, 9.17) is 10.3 Å². The molecule has 0 aliphatic carbocycles. The summed E-state index contributed by atoms with van der Waals surface area (Å²) in [5, 5.41) is 2.81. The molecule has 2 aromatic heterocycles. The summed E-state index contributed by atoms with van der Waals surface area (Å²) in [4.78, 5) is 4.13. The fourth-order valence-electron chi connectivity index (χ4n) is 1.56. The van der Waals surface area contributed by atoms with Crippen LogP contribution in [0, 0.1) is 0 Å². The molecule has 7 heteroatoms. The van der Waals surface area contributed by atoms with Gasteiger partial charge in [0.05, 0.1) is 11.3 Å². The number of sulfone groups is 1. The van der Waals surface area contributed by atoms with E-state index in [9.17, 15) is 8.42 Å². The molecule has 0 saturated carbocycles. The highest BCUT2D eigenvalue weighted by Crippen LogP contribution is 2.34. The molecule has 0 spiro atoms.